The van der Waals surface area contributed by atoms with Gasteiger partial charge in [0, 0.05) is 45.8 Å². The molecule has 2 aliphatic heterocycles. The normalized spacial score (nSPS) is 18.8. The van der Waals surface area contributed by atoms with Crippen molar-refractivity contribution >= 4 is 23.4 Å². The van der Waals surface area contributed by atoms with Crippen LogP contribution in [0.25, 0.3) is 0 Å². The molecule has 0 aliphatic carbocycles. The van der Waals surface area contributed by atoms with Crippen LogP contribution in [0.3, 0.4) is 0 Å². The molecule has 0 atom stereocenters. The zero-order chi connectivity index (χ0) is 20.3. The van der Waals surface area contributed by atoms with Gasteiger partial charge in [0.1, 0.15) is 5.15 Å². The van der Waals surface area contributed by atoms with Gasteiger partial charge < -0.3 is 14.5 Å². The molecule has 0 spiro atoms. The minimum absolute atomic E-state index is 0.0725. The van der Waals surface area contributed by atoms with Crippen LogP contribution < -0.4 is 0 Å². The number of ether oxygens (including phenoxy) is 1. The van der Waals surface area contributed by atoms with Crippen molar-refractivity contribution < 1.29 is 14.3 Å². The highest BCUT2D eigenvalue weighted by Crippen LogP contribution is 2.23. The first-order valence-corrected chi connectivity index (χ1v) is 10.3. The molecule has 1 aromatic heterocycles. The average molecular weight is 412 g/mol. The second-order valence-corrected chi connectivity index (χ2v) is 8.25. The van der Waals surface area contributed by atoms with Crippen LogP contribution in [0.4, 0.5) is 0 Å². The lowest BCUT2D eigenvalue weighted by Gasteiger charge is -2.36. The zero-order valence-electron chi connectivity index (χ0n) is 17.0. The molecular formula is C19H30ClN5O3. The fourth-order valence-electron chi connectivity index (χ4n) is 3.63. The molecule has 0 radical (unpaired) electrons. The van der Waals surface area contributed by atoms with E-state index in [1.165, 1.54) is 0 Å². The average Bonchev–Trinajstić information content (AvgIpc) is 2.95. The summed E-state index contributed by atoms with van der Waals surface area (Å²) in [5, 5.41) is 4.86. The number of piperazine rings is 1. The van der Waals surface area contributed by atoms with Crippen LogP contribution in [0.5, 0.6) is 0 Å². The summed E-state index contributed by atoms with van der Waals surface area (Å²) in [5.74, 6) is 0.459. The van der Waals surface area contributed by atoms with E-state index in [0.717, 1.165) is 0 Å². The van der Waals surface area contributed by atoms with E-state index in [1.54, 1.807) is 4.68 Å². The molecule has 8 nitrogen and oxygen atoms in total. The number of amides is 2. The summed E-state index contributed by atoms with van der Waals surface area (Å²) >= 11 is 6.45. The zero-order valence-corrected chi connectivity index (χ0v) is 17.7. The van der Waals surface area contributed by atoms with E-state index in [4.69, 9.17) is 16.3 Å². The predicted molar refractivity (Wildman–Crippen MR) is 107 cm³/mol. The van der Waals surface area contributed by atoms with Crippen LogP contribution in [0, 0.1) is 12.8 Å². The molecule has 1 aromatic rings. The Hall–Kier alpha value is -1.64. The summed E-state index contributed by atoms with van der Waals surface area (Å²) in [6.07, 6.45) is 0. The lowest BCUT2D eigenvalue weighted by molar-refractivity contribution is -0.136. The molecule has 9 heteroatoms. The van der Waals surface area contributed by atoms with E-state index in [9.17, 15) is 9.59 Å². The van der Waals surface area contributed by atoms with Gasteiger partial charge in [-0.05, 0) is 12.8 Å². The highest BCUT2D eigenvalue weighted by atomic mass is 35.5. The minimum atomic E-state index is -0.0725. The molecule has 0 bridgehead atoms. The van der Waals surface area contributed by atoms with E-state index >= 15 is 0 Å². The van der Waals surface area contributed by atoms with E-state index in [1.807, 2.05) is 16.7 Å². The van der Waals surface area contributed by atoms with Gasteiger partial charge in [0.05, 0.1) is 31.0 Å². The molecule has 2 amide bonds. The third-order valence-electron chi connectivity index (χ3n) is 5.20. The quantitative estimate of drug-likeness (QED) is 0.726. The topological polar surface area (TPSA) is 70.9 Å². The van der Waals surface area contributed by atoms with Crippen molar-refractivity contribution in [3.05, 3.63) is 16.4 Å². The molecule has 0 N–H and O–H groups in total. The number of aryl methyl sites for hydroxylation is 1. The maximum absolute atomic E-state index is 13.0. The lowest BCUT2D eigenvalue weighted by atomic mass is 10.2. The molecule has 2 saturated heterocycles. The van der Waals surface area contributed by atoms with Gasteiger partial charge in [-0.15, -0.1) is 0 Å². The highest BCUT2D eigenvalue weighted by molar-refractivity contribution is 6.33. The van der Waals surface area contributed by atoms with Crippen molar-refractivity contribution in [3.8, 4) is 0 Å². The van der Waals surface area contributed by atoms with Gasteiger partial charge in [0.2, 0.25) is 5.91 Å². The van der Waals surface area contributed by atoms with Crippen molar-refractivity contribution in [2.75, 3.05) is 59.0 Å². The molecule has 2 aliphatic rings. The first kappa shape index (κ1) is 21.1. The number of hydrogen-bond acceptors (Lipinski definition) is 5. The van der Waals surface area contributed by atoms with Gasteiger partial charge in [-0.3, -0.25) is 19.2 Å². The second kappa shape index (κ2) is 9.24. The Kier molecular flexibility index (Phi) is 6.95. The maximum atomic E-state index is 13.0. The smallest absolute Gasteiger partial charge is 0.258 e. The van der Waals surface area contributed by atoms with Crippen LogP contribution in [-0.4, -0.2) is 95.3 Å². The van der Waals surface area contributed by atoms with Crippen LogP contribution in [0.1, 0.15) is 29.9 Å². The Morgan fingerprint density at radius 1 is 1.07 bits per heavy atom. The summed E-state index contributed by atoms with van der Waals surface area (Å²) in [6.45, 7) is 12.2. The Morgan fingerprint density at radius 2 is 1.71 bits per heavy atom. The van der Waals surface area contributed by atoms with Crippen molar-refractivity contribution in [2.45, 2.75) is 27.3 Å². The number of nitrogens with zero attached hydrogens (tertiary/aromatic N) is 5. The number of halogens is 1. The Balaban J connectivity index is 1.55. The standard InChI is InChI=1S/C19H30ClN5O3/c1-14(2)12-25-18(20)17(15(3)21-25)19(27)24-6-4-22(5-7-24)13-16(26)23-8-10-28-11-9-23/h14H,4-13H2,1-3H3. The number of carbonyl (C=O) groups is 2. The molecule has 0 unspecified atom stereocenters. The number of carbonyl (C=O) groups excluding carboxylic acids is 2. The van der Waals surface area contributed by atoms with Crippen molar-refractivity contribution in [3.63, 3.8) is 0 Å². The first-order chi connectivity index (χ1) is 13.4. The molecule has 0 aromatic carbocycles. The summed E-state index contributed by atoms with van der Waals surface area (Å²) < 4.78 is 7.01. The van der Waals surface area contributed by atoms with E-state index in [-0.39, 0.29) is 11.8 Å². The molecule has 0 saturated carbocycles. The Morgan fingerprint density at radius 3 is 2.32 bits per heavy atom. The molecule has 28 heavy (non-hydrogen) atoms. The Labute approximate surface area is 171 Å². The monoisotopic (exact) mass is 411 g/mol. The molecule has 156 valence electrons. The van der Waals surface area contributed by atoms with Crippen LogP contribution >= 0.6 is 11.6 Å². The second-order valence-electron chi connectivity index (χ2n) is 7.89. The van der Waals surface area contributed by atoms with E-state index < -0.39 is 0 Å². The van der Waals surface area contributed by atoms with Crippen LogP contribution in [0.2, 0.25) is 5.15 Å². The lowest BCUT2D eigenvalue weighted by Crippen LogP contribution is -2.52. The fraction of sp³-hybridized carbons (Fsp3) is 0.737. The summed E-state index contributed by atoms with van der Waals surface area (Å²) in [4.78, 5) is 31.2. The largest absolute Gasteiger partial charge is 0.378 e. The van der Waals surface area contributed by atoms with Crippen molar-refractivity contribution in [1.82, 2.24) is 24.5 Å². The molecule has 2 fully saturated rings. The first-order valence-electron chi connectivity index (χ1n) is 9.97. The van der Waals surface area contributed by atoms with Gasteiger partial charge in [0.15, 0.2) is 0 Å². The van der Waals surface area contributed by atoms with Gasteiger partial charge in [-0.1, -0.05) is 25.4 Å². The summed E-state index contributed by atoms with van der Waals surface area (Å²) in [5.41, 5.74) is 1.17. The highest BCUT2D eigenvalue weighted by Gasteiger charge is 2.29. The number of morpholine rings is 1. The summed E-state index contributed by atoms with van der Waals surface area (Å²) in [6, 6.07) is 0. The predicted octanol–water partition coefficient (Wildman–Crippen LogP) is 1.12. The molecule has 3 heterocycles. The fourth-order valence-corrected chi connectivity index (χ4v) is 3.96. The summed E-state index contributed by atoms with van der Waals surface area (Å²) in [7, 11) is 0. The molecular weight excluding hydrogens is 382 g/mol. The SMILES string of the molecule is Cc1nn(CC(C)C)c(Cl)c1C(=O)N1CCN(CC(=O)N2CCOCC2)CC1. The minimum Gasteiger partial charge on any atom is -0.378 e. The third-order valence-corrected chi connectivity index (χ3v) is 5.58. The third kappa shape index (κ3) is 4.85. The Bertz CT molecular complexity index is 707. The van der Waals surface area contributed by atoms with Gasteiger partial charge in [-0.2, -0.15) is 5.10 Å². The van der Waals surface area contributed by atoms with Crippen molar-refractivity contribution in [2.24, 2.45) is 5.92 Å². The van der Waals surface area contributed by atoms with Gasteiger partial charge >= 0.3 is 0 Å². The van der Waals surface area contributed by atoms with Crippen LogP contribution in [0.15, 0.2) is 0 Å². The van der Waals surface area contributed by atoms with Crippen molar-refractivity contribution in [1.29, 1.82) is 0 Å². The van der Waals surface area contributed by atoms with E-state index in [0.29, 0.717) is 87.9 Å². The van der Waals surface area contributed by atoms with Gasteiger partial charge in [-0.25, -0.2) is 0 Å². The maximum Gasteiger partial charge on any atom is 0.258 e. The number of hydrogen-bond donors (Lipinski definition) is 0. The van der Waals surface area contributed by atoms with E-state index in [2.05, 4.69) is 23.8 Å². The number of aromatic nitrogens is 2. The number of rotatable bonds is 5. The molecule has 3 rings (SSSR count). The van der Waals surface area contributed by atoms with Gasteiger partial charge in [0.25, 0.3) is 5.91 Å². The van der Waals surface area contributed by atoms with Crippen LogP contribution in [-0.2, 0) is 16.1 Å².